The van der Waals surface area contributed by atoms with Gasteiger partial charge in [0.25, 0.3) is 11.8 Å². The number of carbonyl (C=O) groups is 2. The Kier molecular flexibility index (Phi) is 4.20. The van der Waals surface area contributed by atoms with Crippen LogP contribution in [0.1, 0.15) is 20.8 Å². The Bertz CT molecular complexity index is 660. The van der Waals surface area contributed by atoms with E-state index in [0.717, 1.165) is 0 Å². The number of ether oxygens (including phenoxy) is 1. The van der Waals surface area contributed by atoms with Crippen molar-refractivity contribution < 1.29 is 14.3 Å². The molecule has 0 aliphatic carbocycles. The number of hydrogen-bond acceptors (Lipinski definition) is 3. The van der Waals surface area contributed by atoms with E-state index in [-0.39, 0.29) is 11.8 Å². The van der Waals surface area contributed by atoms with Crippen molar-refractivity contribution in [2.75, 3.05) is 31.6 Å². The van der Waals surface area contributed by atoms with Gasteiger partial charge in [-0.15, -0.1) is 0 Å². The van der Waals surface area contributed by atoms with Gasteiger partial charge in [0.15, 0.2) is 0 Å². The molecule has 0 bridgehead atoms. The maximum absolute atomic E-state index is 12.3. The molecular formula is C16H17N3O3. The van der Waals surface area contributed by atoms with E-state index in [0.29, 0.717) is 43.4 Å². The number of aromatic amines is 1. The van der Waals surface area contributed by atoms with E-state index in [9.17, 15) is 9.59 Å². The standard InChI is InChI=1S/C16H17N3O3/c20-15(12-4-2-1-3-5-12)18-14-7-6-13(17-14)16(21)19-8-10-22-11-9-19/h1-7,17H,8-11H2,(H,18,20). The first-order chi connectivity index (χ1) is 10.7. The summed E-state index contributed by atoms with van der Waals surface area (Å²) in [5.74, 6) is 0.210. The number of amides is 2. The molecule has 114 valence electrons. The molecule has 1 aliphatic heterocycles. The Hall–Kier alpha value is -2.60. The lowest BCUT2D eigenvalue weighted by molar-refractivity contribution is 0.0299. The van der Waals surface area contributed by atoms with Gasteiger partial charge in [-0.25, -0.2) is 0 Å². The highest BCUT2D eigenvalue weighted by Crippen LogP contribution is 2.12. The van der Waals surface area contributed by atoms with Gasteiger partial charge in [0.1, 0.15) is 11.5 Å². The lowest BCUT2D eigenvalue weighted by Gasteiger charge is -2.26. The second-order valence-corrected chi connectivity index (χ2v) is 5.01. The number of nitrogens with zero attached hydrogens (tertiary/aromatic N) is 1. The Labute approximate surface area is 128 Å². The molecule has 1 aliphatic rings. The van der Waals surface area contributed by atoms with Crippen LogP contribution in [-0.2, 0) is 4.74 Å². The lowest BCUT2D eigenvalue weighted by atomic mass is 10.2. The molecule has 0 spiro atoms. The lowest BCUT2D eigenvalue weighted by Crippen LogP contribution is -2.40. The van der Waals surface area contributed by atoms with Crippen LogP contribution in [0.3, 0.4) is 0 Å². The van der Waals surface area contributed by atoms with Crippen LogP contribution in [0.4, 0.5) is 5.82 Å². The summed E-state index contributed by atoms with van der Waals surface area (Å²) in [4.78, 5) is 29.0. The molecule has 2 heterocycles. The fourth-order valence-corrected chi connectivity index (χ4v) is 2.31. The Balaban J connectivity index is 1.66. The van der Waals surface area contributed by atoms with Crippen LogP contribution >= 0.6 is 0 Å². The first-order valence-electron chi connectivity index (χ1n) is 7.16. The van der Waals surface area contributed by atoms with Gasteiger partial charge in [-0.1, -0.05) is 18.2 Å². The minimum Gasteiger partial charge on any atom is -0.378 e. The highest BCUT2D eigenvalue weighted by molar-refractivity contribution is 6.04. The molecular weight excluding hydrogens is 282 g/mol. The normalized spacial score (nSPS) is 14.6. The molecule has 6 nitrogen and oxygen atoms in total. The summed E-state index contributed by atoms with van der Waals surface area (Å²) in [5, 5.41) is 2.75. The van der Waals surface area contributed by atoms with Crippen LogP contribution in [0.2, 0.25) is 0 Å². The number of H-pyrrole nitrogens is 1. The summed E-state index contributed by atoms with van der Waals surface area (Å²) in [6, 6.07) is 12.3. The zero-order valence-corrected chi connectivity index (χ0v) is 12.0. The van der Waals surface area contributed by atoms with E-state index in [1.165, 1.54) is 0 Å². The van der Waals surface area contributed by atoms with Gasteiger partial charge in [0, 0.05) is 18.7 Å². The molecule has 1 saturated heterocycles. The van der Waals surface area contributed by atoms with Gasteiger partial charge in [-0.2, -0.15) is 0 Å². The molecule has 0 unspecified atom stereocenters. The summed E-state index contributed by atoms with van der Waals surface area (Å²) < 4.78 is 5.23. The number of aromatic nitrogens is 1. The summed E-state index contributed by atoms with van der Waals surface area (Å²) in [7, 11) is 0. The molecule has 2 N–H and O–H groups in total. The van der Waals surface area contributed by atoms with Gasteiger partial charge < -0.3 is 19.9 Å². The highest BCUT2D eigenvalue weighted by atomic mass is 16.5. The van der Waals surface area contributed by atoms with Crippen molar-refractivity contribution in [1.29, 1.82) is 0 Å². The molecule has 22 heavy (non-hydrogen) atoms. The zero-order chi connectivity index (χ0) is 15.4. The number of morpholine rings is 1. The van der Waals surface area contributed by atoms with Crippen molar-refractivity contribution in [3.63, 3.8) is 0 Å². The van der Waals surface area contributed by atoms with Crippen LogP contribution in [0.15, 0.2) is 42.5 Å². The van der Waals surface area contributed by atoms with Crippen LogP contribution in [0.5, 0.6) is 0 Å². The average molecular weight is 299 g/mol. The number of carbonyl (C=O) groups excluding carboxylic acids is 2. The number of benzene rings is 1. The fraction of sp³-hybridized carbons (Fsp3) is 0.250. The predicted molar refractivity (Wildman–Crippen MR) is 81.9 cm³/mol. The summed E-state index contributed by atoms with van der Waals surface area (Å²) in [6.45, 7) is 2.29. The first-order valence-corrected chi connectivity index (χ1v) is 7.16. The molecule has 0 radical (unpaired) electrons. The third-order valence-corrected chi connectivity index (χ3v) is 3.50. The van der Waals surface area contributed by atoms with Crippen LogP contribution in [0, 0.1) is 0 Å². The average Bonchev–Trinajstić information content (AvgIpc) is 3.04. The Morgan fingerprint density at radius 1 is 1.05 bits per heavy atom. The van der Waals surface area contributed by atoms with Gasteiger partial charge in [-0.05, 0) is 24.3 Å². The zero-order valence-electron chi connectivity index (χ0n) is 12.0. The van der Waals surface area contributed by atoms with E-state index in [2.05, 4.69) is 10.3 Å². The molecule has 2 aromatic rings. The molecule has 6 heteroatoms. The van der Waals surface area contributed by atoms with E-state index in [1.807, 2.05) is 6.07 Å². The summed E-state index contributed by atoms with van der Waals surface area (Å²) in [5.41, 5.74) is 1.03. The molecule has 2 amide bonds. The quantitative estimate of drug-likeness (QED) is 0.906. The molecule has 1 fully saturated rings. The predicted octanol–water partition coefficient (Wildman–Crippen LogP) is 1.74. The van der Waals surface area contributed by atoms with Crippen molar-refractivity contribution in [3.05, 3.63) is 53.7 Å². The molecule has 1 aromatic heterocycles. The topological polar surface area (TPSA) is 74.4 Å². The van der Waals surface area contributed by atoms with E-state index in [4.69, 9.17) is 4.74 Å². The van der Waals surface area contributed by atoms with Gasteiger partial charge in [-0.3, -0.25) is 9.59 Å². The molecule has 3 rings (SSSR count). The van der Waals surface area contributed by atoms with Crippen LogP contribution < -0.4 is 5.32 Å². The van der Waals surface area contributed by atoms with Crippen molar-refractivity contribution in [2.45, 2.75) is 0 Å². The number of rotatable bonds is 3. The monoisotopic (exact) mass is 299 g/mol. The van der Waals surface area contributed by atoms with Crippen molar-refractivity contribution >= 4 is 17.6 Å². The third kappa shape index (κ3) is 3.17. The molecule has 0 saturated carbocycles. The largest absolute Gasteiger partial charge is 0.378 e. The Morgan fingerprint density at radius 2 is 1.77 bits per heavy atom. The molecule has 1 aromatic carbocycles. The number of nitrogens with one attached hydrogen (secondary N) is 2. The van der Waals surface area contributed by atoms with Gasteiger partial charge >= 0.3 is 0 Å². The first kappa shape index (κ1) is 14.3. The van der Waals surface area contributed by atoms with E-state index < -0.39 is 0 Å². The smallest absolute Gasteiger partial charge is 0.270 e. The molecule has 0 atom stereocenters. The van der Waals surface area contributed by atoms with Crippen LogP contribution in [-0.4, -0.2) is 48.0 Å². The summed E-state index contributed by atoms with van der Waals surface area (Å²) >= 11 is 0. The Morgan fingerprint density at radius 3 is 2.50 bits per heavy atom. The second-order valence-electron chi connectivity index (χ2n) is 5.01. The minimum absolute atomic E-state index is 0.0801. The summed E-state index contributed by atoms with van der Waals surface area (Å²) in [6.07, 6.45) is 0. The maximum Gasteiger partial charge on any atom is 0.270 e. The van der Waals surface area contributed by atoms with Gasteiger partial charge in [0.2, 0.25) is 0 Å². The third-order valence-electron chi connectivity index (χ3n) is 3.50. The number of anilines is 1. The second kappa shape index (κ2) is 6.44. The highest BCUT2D eigenvalue weighted by Gasteiger charge is 2.20. The van der Waals surface area contributed by atoms with Gasteiger partial charge in [0.05, 0.1) is 13.2 Å². The SMILES string of the molecule is O=C(Nc1ccc(C(=O)N2CCOCC2)[nH]1)c1ccccc1. The minimum atomic E-state index is -0.215. The van der Waals surface area contributed by atoms with Crippen molar-refractivity contribution in [2.24, 2.45) is 0 Å². The van der Waals surface area contributed by atoms with Crippen molar-refractivity contribution in [3.8, 4) is 0 Å². The van der Waals surface area contributed by atoms with Crippen molar-refractivity contribution in [1.82, 2.24) is 9.88 Å². The fourth-order valence-electron chi connectivity index (χ4n) is 2.31. The maximum atomic E-state index is 12.3. The van der Waals surface area contributed by atoms with E-state index >= 15 is 0 Å². The van der Waals surface area contributed by atoms with E-state index in [1.54, 1.807) is 41.3 Å². The van der Waals surface area contributed by atoms with Crippen LogP contribution in [0.25, 0.3) is 0 Å². The number of hydrogen-bond donors (Lipinski definition) is 2.